The molecule has 136 valence electrons. The van der Waals surface area contributed by atoms with Gasteiger partial charge in [0.25, 0.3) is 0 Å². The van der Waals surface area contributed by atoms with E-state index in [1.165, 1.54) is 11.1 Å². The molecule has 26 heavy (non-hydrogen) atoms. The highest BCUT2D eigenvalue weighted by molar-refractivity contribution is 5.74. The van der Waals surface area contributed by atoms with E-state index in [1.54, 1.807) is 6.07 Å². The van der Waals surface area contributed by atoms with Gasteiger partial charge in [-0.3, -0.25) is 4.90 Å². The summed E-state index contributed by atoms with van der Waals surface area (Å²) in [7, 11) is 0. The summed E-state index contributed by atoms with van der Waals surface area (Å²) >= 11 is 0. The van der Waals surface area contributed by atoms with E-state index in [4.69, 9.17) is 0 Å². The fourth-order valence-corrected chi connectivity index (χ4v) is 3.58. The molecule has 1 aliphatic heterocycles. The van der Waals surface area contributed by atoms with E-state index < -0.39 is 5.54 Å². The zero-order chi connectivity index (χ0) is 19.2. The van der Waals surface area contributed by atoms with Gasteiger partial charge in [0, 0.05) is 17.1 Å². The van der Waals surface area contributed by atoms with Crippen LogP contribution in [-0.2, 0) is 6.42 Å². The van der Waals surface area contributed by atoms with E-state index in [1.807, 2.05) is 19.1 Å². The van der Waals surface area contributed by atoms with Crippen LogP contribution in [0, 0.1) is 19.7 Å². The number of hydrogen-bond donors (Lipinski definition) is 0. The van der Waals surface area contributed by atoms with Crippen molar-refractivity contribution >= 4 is 11.4 Å². The van der Waals surface area contributed by atoms with Crippen molar-refractivity contribution in [3.05, 3.63) is 83.6 Å². The summed E-state index contributed by atoms with van der Waals surface area (Å²) in [5.74, 6) is 0.607. The van der Waals surface area contributed by atoms with Crippen LogP contribution in [-0.4, -0.2) is 5.54 Å². The Labute approximate surface area is 156 Å². The Hall–Kier alpha value is -2.55. The van der Waals surface area contributed by atoms with Crippen molar-refractivity contribution in [2.75, 3.05) is 9.80 Å². The lowest BCUT2D eigenvalue weighted by Gasteiger charge is -2.32. The molecular weight excluding hydrogens is 323 g/mol. The molecular formula is C23H27FN2. The lowest BCUT2D eigenvalue weighted by atomic mass is 9.99. The molecule has 0 spiro atoms. The van der Waals surface area contributed by atoms with E-state index in [-0.39, 0.29) is 5.82 Å². The van der Waals surface area contributed by atoms with Crippen LogP contribution in [0.1, 0.15) is 37.5 Å². The quantitative estimate of drug-likeness (QED) is 0.660. The minimum atomic E-state index is -0.407. The third-order valence-corrected chi connectivity index (χ3v) is 5.48. The average molecular weight is 350 g/mol. The Morgan fingerprint density at radius 3 is 2.19 bits per heavy atom. The molecule has 1 aliphatic rings. The van der Waals surface area contributed by atoms with Crippen LogP contribution in [0.5, 0.6) is 0 Å². The highest BCUT2D eigenvalue weighted by atomic mass is 19.1. The third kappa shape index (κ3) is 2.72. The Morgan fingerprint density at radius 1 is 0.962 bits per heavy atom. The number of aryl methyl sites for hydroxylation is 3. The number of nitrogens with zero attached hydrogens (tertiary/aromatic N) is 2. The number of benzene rings is 2. The van der Waals surface area contributed by atoms with E-state index >= 15 is 0 Å². The molecule has 0 amide bonds. The van der Waals surface area contributed by atoms with Gasteiger partial charge in [-0.2, -0.15) is 0 Å². The minimum Gasteiger partial charge on any atom is -0.317 e. The third-order valence-electron chi connectivity index (χ3n) is 5.48. The van der Waals surface area contributed by atoms with Crippen LogP contribution in [0.15, 0.2) is 61.1 Å². The largest absolute Gasteiger partial charge is 0.317 e. The van der Waals surface area contributed by atoms with Gasteiger partial charge < -0.3 is 4.90 Å². The minimum absolute atomic E-state index is 0.177. The normalized spacial score (nSPS) is 16.5. The Balaban J connectivity index is 2.07. The second-order valence-electron chi connectivity index (χ2n) is 7.49. The van der Waals surface area contributed by atoms with E-state index in [0.29, 0.717) is 6.42 Å². The van der Waals surface area contributed by atoms with Crippen molar-refractivity contribution < 1.29 is 4.39 Å². The molecule has 2 nitrogen and oxygen atoms in total. The summed E-state index contributed by atoms with van der Waals surface area (Å²) in [6.07, 6.45) is 0.679. The molecule has 3 rings (SSSR count). The predicted octanol–water partition coefficient (Wildman–Crippen LogP) is 6.10. The van der Waals surface area contributed by atoms with Crippen LogP contribution >= 0.6 is 0 Å². The van der Waals surface area contributed by atoms with Crippen molar-refractivity contribution in [1.82, 2.24) is 0 Å². The molecule has 1 heterocycles. The maximum Gasteiger partial charge on any atom is 0.128 e. The molecule has 3 heteroatoms. The Kier molecular flexibility index (Phi) is 4.43. The highest BCUT2D eigenvalue weighted by Gasteiger charge is 2.44. The summed E-state index contributed by atoms with van der Waals surface area (Å²) in [5, 5.41) is 0. The molecule has 2 aromatic carbocycles. The second-order valence-corrected chi connectivity index (χ2v) is 7.49. The van der Waals surface area contributed by atoms with E-state index in [9.17, 15) is 4.39 Å². The summed E-state index contributed by atoms with van der Waals surface area (Å²) in [5.41, 5.74) is 5.53. The van der Waals surface area contributed by atoms with Crippen molar-refractivity contribution in [3.8, 4) is 0 Å². The van der Waals surface area contributed by atoms with Gasteiger partial charge >= 0.3 is 0 Å². The van der Waals surface area contributed by atoms with Crippen LogP contribution in [0.4, 0.5) is 15.8 Å². The van der Waals surface area contributed by atoms with Crippen LogP contribution in [0.25, 0.3) is 0 Å². The van der Waals surface area contributed by atoms with Crippen molar-refractivity contribution in [3.63, 3.8) is 0 Å². The van der Waals surface area contributed by atoms with Gasteiger partial charge in [-0.25, -0.2) is 4.39 Å². The first-order valence-corrected chi connectivity index (χ1v) is 9.02. The van der Waals surface area contributed by atoms with E-state index in [2.05, 4.69) is 68.9 Å². The summed E-state index contributed by atoms with van der Waals surface area (Å²) in [4.78, 5) is 4.13. The van der Waals surface area contributed by atoms with Crippen molar-refractivity contribution in [2.45, 2.75) is 46.6 Å². The van der Waals surface area contributed by atoms with Gasteiger partial charge in [-0.05, 0) is 75.1 Å². The molecule has 1 saturated heterocycles. The van der Waals surface area contributed by atoms with Crippen LogP contribution in [0.3, 0.4) is 0 Å². The first-order valence-electron chi connectivity index (χ1n) is 9.02. The Morgan fingerprint density at radius 2 is 1.62 bits per heavy atom. The predicted molar refractivity (Wildman–Crippen MR) is 109 cm³/mol. The van der Waals surface area contributed by atoms with Crippen molar-refractivity contribution in [1.29, 1.82) is 0 Å². The number of rotatable bonds is 3. The molecule has 0 N–H and O–H groups in total. The molecule has 0 saturated carbocycles. The summed E-state index contributed by atoms with van der Waals surface area (Å²) in [6, 6.07) is 11.8. The molecule has 0 unspecified atom stereocenters. The zero-order valence-electron chi connectivity index (χ0n) is 16.4. The molecule has 0 atom stereocenters. The van der Waals surface area contributed by atoms with Gasteiger partial charge in [0.05, 0.1) is 5.54 Å². The number of halogens is 1. The second kappa shape index (κ2) is 6.31. The number of hydrogen-bond acceptors (Lipinski definition) is 2. The van der Waals surface area contributed by atoms with Gasteiger partial charge in [0.2, 0.25) is 0 Å². The summed E-state index contributed by atoms with van der Waals surface area (Å²) < 4.78 is 14.4. The zero-order valence-corrected chi connectivity index (χ0v) is 16.4. The van der Waals surface area contributed by atoms with Crippen LogP contribution in [0.2, 0.25) is 0 Å². The smallest absolute Gasteiger partial charge is 0.128 e. The van der Waals surface area contributed by atoms with Gasteiger partial charge in [-0.15, -0.1) is 0 Å². The maximum absolute atomic E-state index is 14.4. The molecule has 1 fully saturated rings. The molecule has 0 radical (unpaired) electrons. The van der Waals surface area contributed by atoms with Gasteiger partial charge in [0.15, 0.2) is 0 Å². The monoisotopic (exact) mass is 350 g/mol. The molecule has 0 bridgehead atoms. The molecule has 0 aliphatic carbocycles. The fraction of sp³-hybridized carbons (Fsp3) is 0.304. The van der Waals surface area contributed by atoms with Gasteiger partial charge in [0.1, 0.15) is 11.6 Å². The summed E-state index contributed by atoms with van der Waals surface area (Å²) in [6.45, 7) is 19.0. The lowest BCUT2D eigenvalue weighted by Crippen LogP contribution is -2.38. The Bertz CT molecular complexity index is 895. The lowest BCUT2D eigenvalue weighted by molar-refractivity contribution is 0.599. The SMILES string of the molecule is C=C1N(c2ccc(C)c(C)c2)C(=C)C(C)(C)N1c1ccc(CC)c(F)c1. The fourth-order valence-electron chi connectivity index (χ4n) is 3.58. The first-order chi connectivity index (χ1) is 12.2. The molecule has 0 aromatic heterocycles. The highest BCUT2D eigenvalue weighted by Crippen LogP contribution is 2.45. The topological polar surface area (TPSA) is 6.48 Å². The van der Waals surface area contributed by atoms with Crippen molar-refractivity contribution in [2.24, 2.45) is 0 Å². The van der Waals surface area contributed by atoms with Gasteiger partial charge in [-0.1, -0.05) is 32.2 Å². The molecule has 2 aromatic rings. The standard InChI is InChI=1S/C23H27FN2/c1-8-19-10-12-21(14-22(19)24)26-18(5)25(17(4)23(26,6)7)20-11-9-15(2)16(3)13-20/h9-14H,4-5,8H2,1-3,6-7H3. The van der Waals surface area contributed by atoms with Crippen LogP contribution < -0.4 is 9.80 Å². The number of anilines is 2. The first kappa shape index (κ1) is 18.2. The maximum atomic E-state index is 14.4. The average Bonchev–Trinajstić information content (AvgIpc) is 2.75. The van der Waals surface area contributed by atoms with E-state index in [0.717, 1.165) is 28.5 Å².